The highest BCUT2D eigenvalue weighted by atomic mass is 16.6. The molecular weight excluding hydrogens is 316 g/mol. The van der Waals surface area contributed by atoms with Crippen molar-refractivity contribution in [3.05, 3.63) is 75.5 Å². The van der Waals surface area contributed by atoms with E-state index in [-0.39, 0.29) is 4.92 Å². The van der Waals surface area contributed by atoms with Crippen LogP contribution in [-0.4, -0.2) is 22.6 Å². The number of benzene rings is 2. The molecule has 5 heteroatoms. The zero-order valence-electron chi connectivity index (χ0n) is 14.7. The van der Waals surface area contributed by atoms with Crippen molar-refractivity contribution in [1.29, 1.82) is 0 Å². The van der Waals surface area contributed by atoms with E-state index in [1.165, 1.54) is 5.56 Å². The summed E-state index contributed by atoms with van der Waals surface area (Å²) in [5.41, 5.74) is 4.37. The van der Waals surface area contributed by atoms with Crippen LogP contribution in [0.5, 0.6) is 5.75 Å². The molecule has 0 radical (unpaired) electrons. The molecular formula is C20H22N2O3. The van der Waals surface area contributed by atoms with Crippen molar-refractivity contribution < 1.29 is 9.66 Å². The molecule has 0 aliphatic carbocycles. The predicted molar refractivity (Wildman–Crippen MR) is 98.9 cm³/mol. The van der Waals surface area contributed by atoms with Gasteiger partial charge in [-0.3, -0.25) is 10.1 Å². The summed E-state index contributed by atoms with van der Waals surface area (Å²) in [6.07, 6.45) is 0.407. The molecule has 0 aliphatic rings. The van der Waals surface area contributed by atoms with E-state index in [1.54, 1.807) is 14.0 Å². The molecule has 0 fully saturated rings. The zero-order chi connectivity index (χ0) is 18.0. The van der Waals surface area contributed by atoms with Crippen LogP contribution in [0, 0.1) is 17.0 Å². The van der Waals surface area contributed by atoms with Crippen molar-refractivity contribution in [2.24, 2.45) is 0 Å². The highest BCUT2D eigenvalue weighted by molar-refractivity contribution is 5.87. The summed E-state index contributed by atoms with van der Waals surface area (Å²) >= 11 is 0. The van der Waals surface area contributed by atoms with Crippen molar-refractivity contribution in [2.45, 2.75) is 32.9 Å². The number of nitro groups is 1. The van der Waals surface area contributed by atoms with E-state index in [2.05, 4.69) is 16.7 Å². The van der Waals surface area contributed by atoms with Gasteiger partial charge >= 0.3 is 0 Å². The fourth-order valence-corrected chi connectivity index (χ4v) is 3.26. The number of nitrogens with zero attached hydrogens (tertiary/aromatic N) is 2. The number of aromatic nitrogens is 1. The molecule has 2 aromatic carbocycles. The lowest BCUT2D eigenvalue weighted by atomic mass is 10.0. The molecule has 0 spiro atoms. The molecule has 1 atom stereocenters. The van der Waals surface area contributed by atoms with Crippen LogP contribution in [0.3, 0.4) is 0 Å². The molecule has 0 bridgehead atoms. The van der Waals surface area contributed by atoms with E-state index < -0.39 is 6.04 Å². The zero-order valence-corrected chi connectivity index (χ0v) is 14.7. The summed E-state index contributed by atoms with van der Waals surface area (Å²) in [6, 6.07) is 15.5. The van der Waals surface area contributed by atoms with Crippen molar-refractivity contribution in [3.63, 3.8) is 0 Å². The highest BCUT2D eigenvalue weighted by Gasteiger charge is 2.21. The standard InChI is InChI=1S/C20H22N2O3/c1-14(22(23)24)11-18-15(2)21(13-16-7-5-4-6-8-16)20-10-9-17(25-3)12-19(18)20/h4-10,12,14H,11,13H2,1-3H3/t14-/m1/s1. The van der Waals surface area contributed by atoms with Crippen LogP contribution >= 0.6 is 0 Å². The fraction of sp³-hybridized carbons (Fsp3) is 0.300. The predicted octanol–water partition coefficient (Wildman–Crippen LogP) is 4.21. The third-order valence-electron chi connectivity index (χ3n) is 4.70. The maximum absolute atomic E-state index is 11.1. The Bertz CT molecular complexity index is 900. The van der Waals surface area contributed by atoms with Crippen LogP contribution in [0.2, 0.25) is 0 Å². The number of methoxy groups -OCH3 is 1. The average Bonchev–Trinajstić information content (AvgIpc) is 2.87. The van der Waals surface area contributed by atoms with Gasteiger partial charge in [-0.15, -0.1) is 0 Å². The van der Waals surface area contributed by atoms with Crippen molar-refractivity contribution in [2.75, 3.05) is 7.11 Å². The molecule has 0 unspecified atom stereocenters. The van der Waals surface area contributed by atoms with Gasteiger partial charge in [0.1, 0.15) is 5.75 Å². The first kappa shape index (κ1) is 17.0. The summed E-state index contributed by atoms with van der Waals surface area (Å²) in [7, 11) is 1.63. The second kappa shape index (κ2) is 6.97. The Kier molecular flexibility index (Phi) is 4.74. The Morgan fingerprint density at radius 1 is 1.20 bits per heavy atom. The third-order valence-corrected chi connectivity index (χ3v) is 4.70. The van der Waals surface area contributed by atoms with E-state index in [9.17, 15) is 10.1 Å². The van der Waals surface area contributed by atoms with Crippen LogP contribution in [0.4, 0.5) is 0 Å². The largest absolute Gasteiger partial charge is 0.497 e. The molecule has 0 saturated heterocycles. The molecule has 0 aliphatic heterocycles. The van der Waals surface area contributed by atoms with Gasteiger partial charge in [-0.1, -0.05) is 30.3 Å². The van der Waals surface area contributed by atoms with Crippen LogP contribution in [0.1, 0.15) is 23.7 Å². The minimum atomic E-state index is -0.624. The smallest absolute Gasteiger partial charge is 0.214 e. The maximum Gasteiger partial charge on any atom is 0.214 e. The second-order valence-electron chi connectivity index (χ2n) is 6.36. The van der Waals surface area contributed by atoms with Gasteiger partial charge in [0.15, 0.2) is 0 Å². The van der Waals surface area contributed by atoms with Crippen LogP contribution in [-0.2, 0) is 13.0 Å². The van der Waals surface area contributed by atoms with Gasteiger partial charge in [-0.2, -0.15) is 0 Å². The van der Waals surface area contributed by atoms with E-state index in [1.807, 2.05) is 43.3 Å². The number of ether oxygens (including phenoxy) is 1. The number of rotatable bonds is 6. The minimum absolute atomic E-state index is 0.222. The van der Waals surface area contributed by atoms with Gasteiger partial charge in [0.2, 0.25) is 6.04 Å². The first-order valence-electron chi connectivity index (χ1n) is 8.34. The van der Waals surface area contributed by atoms with Gasteiger partial charge in [0.25, 0.3) is 0 Å². The molecule has 25 heavy (non-hydrogen) atoms. The van der Waals surface area contributed by atoms with E-state index in [0.717, 1.165) is 34.5 Å². The fourth-order valence-electron chi connectivity index (χ4n) is 3.26. The number of hydrogen-bond acceptors (Lipinski definition) is 3. The molecule has 0 N–H and O–H groups in total. The first-order chi connectivity index (χ1) is 12.0. The van der Waals surface area contributed by atoms with Crippen LogP contribution in [0.15, 0.2) is 48.5 Å². The van der Waals surface area contributed by atoms with Gasteiger partial charge in [-0.05, 0) is 36.2 Å². The summed E-state index contributed by atoms with van der Waals surface area (Å²) in [5.74, 6) is 0.763. The monoisotopic (exact) mass is 338 g/mol. The summed E-state index contributed by atoms with van der Waals surface area (Å²) in [6.45, 7) is 4.43. The third kappa shape index (κ3) is 3.36. The quantitative estimate of drug-likeness (QED) is 0.499. The van der Waals surface area contributed by atoms with Crippen LogP contribution in [0.25, 0.3) is 10.9 Å². The Morgan fingerprint density at radius 2 is 1.92 bits per heavy atom. The molecule has 130 valence electrons. The van der Waals surface area contributed by atoms with Crippen molar-refractivity contribution in [1.82, 2.24) is 4.57 Å². The Balaban J connectivity index is 2.13. The molecule has 3 rings (SSSR count). The maximum atomic E-state index is 11.1. The summed E-state index contributed by atoms with van der Waals surface area (Å²) < 4.78 is 7.58. The van der Waals surface area contributed by atoms with Gasteiger partial charge in [-0.25, -0.2) is 0 Å². The number of fused-ring (bicyclic) bond motifs is 1. The lowest BCUT2D eigenvalue weighted by molar-refractivity contribution is -0.517. The Morgan fingerprint density at radius 3 is 2.56 bits per heavy atom. The summed E-state index contributed by atoms with van der Waals surface area (Å²) in [4.78, 5) is 10.9. The molecule has 3 aromatic rings. The topological polar surface area (TPSA) is 57.3 Å². The Hall–Kier alpha value is -2.82. The molecule has 0 amide bonds. The van der Waals surface area contributed by atoms with E-state index in [4.69, 9.17) is 4.74 Å². The normalized spacial score (nSPS) is 12.3. The molecule has 0 saturated carbocycles. The van der Waals surface area contributed by atoms with E-state index in [0.29, 0.717) is 6.42 Å². The minimum Gasteiger partial charge on any atom is -0.497 e. The SMILES string of the molecule is COc1ccc2c(c1)c(C[C@@H](C)[N+](=O)[O-])c(C)n2Cc1ccccc1. The van der Waals surface area contributed by atoms with Gasteiger partial charge in [0, 0.05) is 41.4 Å². The molecule has 5 nitrogen and oxygen atoms in total. The van der Waals surface area contributed by atoms with Gasteiger partial charge in [0.05, 0.1) is 7.11 Å². The lowest BCUT2D eigenvalue weighted by Crippen LogP contribution is -2.18. The lowest BCUT2D eigenvalue weighted by Gasteiger charge is -2.09. The van der Waals surface area contributed by atoms with Crippen molar-refractivity contribution in [3.8, 4) is 5.75 Å². The first-order valence-corrected chi connectivity index (χ1v) is 8.34. The van der Waals surface area contributed by atoms with E-state index >= 15 is 0 Å². The van der Waals surface area contributed by atoms with Gasteiger partial charge < -0.3 is 9.30 Å². The van der Waals surface area contributed by atoms with Crippen molar-refractivity contribution >= 4 is 10.9 Å². The second-order valence-corrected chi connectivity index (χ2v) is 6.36. The summed E-state index contributed by atoms with van der Waals surface area (Å²) in [5, 5.41) is 12.2. The molecule has 1 heterocycles. The van der Waals surface area contributed by atoms with Crippen LogP contribution < -0.4 is 4.74 Å². The molecule has 1 aromatic heterocycles. The number of hydrogen-bond donors (Lipinski definition) is 0. The average molecular weight is 338 g/mol. The highest BCUT2D eigenvalue weighted by Crippen LogP contribution is 2.31. The Labute approximate surface area is 147 Å².